The first-order chi connectivity index (χ1) is 11.8. The van der Waals surface area contributed by atoms with Crippen LogP contribution in [0.25, 0.3) is 0 Å². The average molecular weight is 347 g/mol. The Morgan fingerprint density at radius 2 is 2.00 bits per heavy atom. The number of piperidine rings is 1. The fraction of sp³-hybridized carbons (Fsp3) is 0.667. The number of carbonyl (C=O) groups is 2. The number of anilines is 1. The predicted molar refractivity (Wildman–Crippen MR) is 97.7 cm³/mol. The highest BCUT2D eigenvalue weighted by Gasteiger charge is 2.26. The second-order valence-corrected chi connectivity index (χ2v) is 7.15. The third kappa shape index (κ3) is 4.90. The van der Waals surface area contributed by atoms with Crippen LogP contribution in [0.3, 0.4) is 0 Å². The minimum atomic E-state index is -0.00792. The van der Waals surface area contributed by atoms with Crippen molar-refractivity contribution in [3.05, 3.63) is 17.5 Å². The lowest BCUT2D eigenvalue weighted by Gasteiger charge is -2.33. The number of amides is 2. The Balaban J connectivity index is 2.00. The Kier molecular flexibility index (Phi) is 6.33. The molecule has 1 atom stereocenters. The molecule has 0 radical (unpaired) electrons. The molecule has 2 rings (SSSR count). The van der Waals surface area contributed by atoms with Gasteiger partial charge in [0.05, 0.1) is 11.3 Å². The summed E-state index contributed by atoms with van der Waals surface area (Å²) in [7, 11) is 7.31. The molecule has 2 amide bonds. The maximum Gasteiger partial charge on any atom is 0.257 e. The summed E-state index contributed by atoms with van der Waals surface area (Å²) < 4.78 is 0. The average Bonchev–Trinajstić information content (AvgIpc) is 2.59. The van der Waals surface area contributed by atoms with Crippen LogP contribution in [-0.4, -0.2) is 72.9 Å². The highest BCUT2D eigenvalue weighted by Crippen LogP contribution is 2.23. The van der Waals surface area contributed by atoms with Gasteiger partial charge in [0.1, 0.15) is 0 Å². The number of carbonyl (C=O) groups excluding carboxylic acids is 2. The molecular weight excluding hydrogens is 318 g/mol. The molecule has 1 saturated heterocycles. The van der Waals surface area contributed by atoms with Crippen LogP contribution in [0, 0.1) is 12.8 Å². The molecule has 1 aliphatic heterocycles. The van der Waals surface area contributed by atoms with E-state index in [1.165, 1.54) is 0 Å². The minimum Gasteiger partial charge on any atom is -0.349 e. The maximum absolute atomic E-state index is 12.9. The first kappa shape index (κ1) is 19.1. The zero-order chi connectivity index (χ0) is 18.6. The van der Waals surface area contributed by atoms with Gasteiger partial charge in [0.2, 0.25) is 11.9 Å². The van der Waals surface area contributed by atoms with Crippen LogP contribution in [0.1, 0.15) is 41.7 Å². The van der Waals surface area contributed by atoms with E-state index < -0.39 is 0 Å². The second kappa shape index (κ2) is 8.27. The van der Waals surface area contributed by atoms with Gasteiger partial charge < -0.3 is 14.7 Å². The number of likely N-dealkylation sites (tertiary alicyclic amines) is 1. The van der Waals surface area contributed by atoms with Crippen LogP contribution >= 0.6 is 0 Å². The van der Waals surface area contributed by atoms with Crippen LogP contribution in [0.15, 0.2) is 6.20 Å². The molecule has 0 bridgehead atoms. The zero-order valence-corrected chi connectivity index (χ0v) is 15.9. The molecule has 0 saturated carbocycles. The van der Waals surface area contributed by atoms with Crippen LogP contribution in [0.5, 0.6) is 0 Å². The highest BCUT2D eigenvalue weighted by atomic mass is 16.2. The summed E-state index contributed by atoms with van der Waals surface area (Å²) in [5.74, 6) is 1.12. The van der Waals surface area contributed by atoms with Crippen molar-refractivity contribution in [3.8, 4) is 0 Å². The van der Waals surface area contributed by atoms with Crippen molar-refractivity contribution in [1.82, 2.24) is 19.8 Å². The summed E-state index contributed by atoms with van der Waals surface area (Å²) in [5, 5.41) is 0. The maximum atomic E-state index is 12.9. The van der Waals surface area contributed by atoms with Crippen molar-refractivity contribution in [2.45, 2.75) is 32.6 Å². The van der Waals surface area contributed by atoms with Gasteiger partial charge in [0.25, 0.3) is 5.91 Å². The van der Waals surface area contributed by atoms with Crippen LogP contribution < -0.4 is 4.90 Å². The first-order valence-electron chi connectivity index (χ1n) is 8.80. The molecule has 1 aliphatic rings. The molecule has 1 fully saturated rings. The minimum absolute atomic E-state index is 0.00792. The Morgan fingerprint density at radius 1 is 1.28 bits per heavy atom. The number of aryl methyl sites for hydroxylation is 1. The van der Waals surface area contributed by atoms with Gasteiger partial charge in [-0.3, -0.25) is 9.59 Å². The van der Waals surface area contributed by atoms with Crippen molar-refractivity contribution in [2.75, 3.05) is 46.2 Å². The lowest BCUT2D eigenvalue weighted by atomic mass is 9.92. The number of nitrogens with zero attached hydrogens (tertiary/aromatic N) is 5. The van der Waals surface area contributed by atoms with Crippen LogP contribution in [0.2, 0.25) is 0 Å². The quantitative estimate of drug-likeness (QED) is 0.809. The van der Waals surface area contributed by atoms with E-state index >= 15 is 0 Å². The summed E-state index contributed by atoms with van der Waals surface area (Å²) in [4.78, 5) is 38.6. The van der Waals surface area contributed by atoms with Gasteiger partial charge >= 0.3 is 0 Å². The summed E-state index contributed by atoms with van der Waals surface area (Å²) in [6, 6.07) is 0. The molecule has 25 heavy (non-hydrogen) atoms. The lowest BCUT2D eigenvalue weighted by Crippen LogP contribution is -2.40. The molecule has 0 N–H and O–H groups in total. The summed E-state index contributed by atoms with van der Waals surface area (Å²) >= 11 is 0. The SMILES string of the molecule is Cc1nc(N(C)C)ncc1C(=O)N1CCCC(CCC(=O)N(C)C)C1. The predicted octanol–water partition coefficient (Wildman–Crippen LogP) is 1.57. The van der Waals surface area contributed by atoms with Crippen molar-refractivity contribution < 1.29 is 9.59 Å². The van der Waals surface area contributed by atoms with Gasteiger partial charge in [-0.2, -0.15) is 0 Å². The molecule has 0 aromatic carbocycles. The van der Waals surface area contributed by atoms with Gasteiger partial charge in [0.15, 0.2) is 0 Å². The molecule has 1 unspecified atom stereocenters. The van der Waals surface area contributed by atoms with Crippen molar-refractivity contribution in [1.29, 1.82) is 0 Å². The number of hydrogen-bond donors (Lipinski definition) is 0. The molecule has 7 heteroatoms. The summed E-state index contributed by atoms with van der Waals surface area (Å²) in [5.41, 5.74) is 1.27. The van der Waals surface area contributed by atoms with Crippen molar-refractivity contribution >= 4 is 17.8 Å². The fourth-order valence-electron chi connectivity index (χ4n) is 3.09. The molecular formula is C18H29N5O2. The lowest BCUT2D eigenvalue weighted by molar-refractivity contribution is -0.129. The summed E-state index contributed by atoms with van der Waals surface area (Å²) in [6.07, 6.45) is 5.04. The van der Waals surface area contributed by atoms with Gasteiger partial charge in [-0.25, -0.2) is 9.97 Å². The normalized spacial score (nSPS) is 17.3. The van der Waals surface area contributed by atoms with E-state index in [1.807, 2.05) is 30.8 Å². The Morgan fingerprint density at radius 3 is 2.60 bits per heavy atom. The van der Waals surface area contributed by atoms with Crippen LogP contribution in [-0.2, 0) is 4.79 Å². The zero-order valence-electron chi connectivity index (χ0n) is 15.9. The third-order valence-corrected chi connectivity index (χ3v) is 4.67. The van der Waals surface area contributed by atoms with Gasteiger partial charge in [-0.1, -0.05) is 0 Å². The van der Waals surface area contributed by atoms with E-state index in [1.54, 1.807) is 25.2 Å². The first-order valence-corrected chi connectivity index (χ1v) is 8.80. The Bertz CT molecular complexity index is 630. The second-order valence-electron chi connectivity index (χ2n) is 7.15. The van der Waals surface area contributed by atoms with E-state index in [0.29, 0.717) is 36.1 Å². The van der Waals surface area contributed by atoms with Crippen molar-refractivity contribution in [2.24, 2.45) is 5.92 Å². The van der Waals surface area contributed by atoms with E-state index in [0.717, 1.165) is 25.8 Å². The molecule has 0 aliphatic carbocycles. The Hall–Kier alpha value is -2.18. The Labute approximate surface area is 150 Å². The van der Waals surface area contributed by atoms with E-state index in [4.69, 9.17) is 0 Å². The molecule has 2 heterocycles. The molecule has 1 aromatic heterocycles. The number of aromatic nitrogens is 2. The molecule has 0 spiro atoms. The van der Waals surface area contributed by atoms with E-state index in [9.17, 15) is 9.59 Å². The molecule has 1 aromatic rings. The molecule has 7 nitrogen and oxygen atoms in total. The van der Waals surface area contributed by atoms with Gasteiger partial charge in [-0.15, -0.1) is 0 Å². The monoisotopic (exact) mass is 347 g/mol. The van der Waals surface area contributed by atoms with Gasteiger partial charge in [-0.05, 0) is 32.1 Å². The highest BCUT2D eigenvalue weighted by molar-refractivity contribution is 5.95. The number of rotatable bonds is 5. The van der Waals surface area contributed by atoms with E-state index in [2.05, 4.69) is 9.97 Å². The largest absolute Gasteiger partial charge is 0.349 e. The standard InChI is InChI=1S/C18H29N5O2/c1-13-15(11-19-18(20-13)22(4)5)17(25)23-10-6-7-14(12-23)8-9-16(24)21(2)3/h11,14H,6-10,12H2,1-5H3. The summed E-state index contributed by atoms with van der Waals surface area (Å²) in [6.45, 7) is 3.30. The topological polar surface area (TPSA) is 69.6 Å². The van der Waals surface area contributed by atoms with Crippen molar-refractivity contribution in [3.63, 3.8) is 0 Å². The fourth-order valence-corrected chi connectivity index (χ4v) is 3.09. The third-order valence-electron chi connectivity index (χ3n) is 4.67. The molecule has 138 valence electrons. The number of hydrogen-bond acceptors (Lipinski definition) is 5. The van der Waals surface area contributed by atoms with Gasteiger partial charge in [0, 0.05) is 53.9 Å². The van der Waals surface area contributed by atoms with Crippen LogP contribution in [0.4, 0.5) is 5.95 Å². The van der Waals surface area contributed by atoms with E-state index in [-0.39, 0.29) is 11.8 Å². The smallest absolute Gasteiger partial charge is 0.257 e.